The number of rotatable bonds is 5. The molecule has 0 atom stereocenters. The highest BCUT2D eigenvalue weighted by Crippen LogP contribution is 2.27. The summed E-state index contributed by atoms with van der Waals surface area (Å²) in [6.07, 6.45) is 3.77. The van der Waals surface area contributed by atoms with Gasteiger partial charge in [-0.3, -0.25) is 0 Å². The average molecular weight is 205 g/mol. The van der Waals surface area contributed by atoms with E-state index in [2.05, 4.69) is 28.5 Å². The third kappa shape index (κ3) is 2.99. The summed E-state index contributed by atoms with van der Waals surface area (Å²) in [6.45, 7) is 6.22. The van der Waals surface area contributed by atoms with E-state index in [0.717, 1.165) is 36.8 Å². The van der Waals surface area contributed by atoms with Crippen molar-refractivity contribution in [1.29, 1.82) is 0 Å². The van der Waals surface area contributed by atoms with Crippen LogP contribution in [-0.2, 0) is 13.0 Å². The Hall–Kier alpha value is -0.960. The molecule has 0 saturated heterocycles. The smallest absolute Gasteiger partial charge is 0.0673 e. The molecule has 2 rings (SSSR count). The number of nitrogens with zero attached hydrogens (tertiary/aromatic N) is 2. The van der Waals surface area contributed by atoms with Gasteiger partial charge in [-0.25, -0.2) is 0 Å². The quantitative estimate of drug-likeness (QED) is 0.797. The minimum absolute atomic E-state index is 0.936. The lowest BCUT2D eigenvalue weighted by Gasteiger charge is -2.08. The van der Waals surface area contributed by atoms with Gasteiger partial charge in [-0.15, -0.1) is 0 Å². The van der Waals surface area contributed by atoms with E-state index in [-0.39, 0.29) is 0 Å². The molecule has 0 radical (unpaired) electrons. The Morgan fingerprint density at radius 1 is 1.40 bits per heavy atom. The van der Waals surface area contributed by atoms with Crippen molar-refractivity contribution in [3.63, 3.8) is 0 Å². The Kier molecular flexibility index (Phi) is 3.31. The SMILES string of the molecule is CCc1nnc(C)cc1CNCC1CC1. The molecule has 0 bridgehead atoms. The first kappa shape index (κ1) is 10.6. The van der Waals surface area contributed by atoms with E-state index >= 15 is 0 Å². The van der Waals surface area contributed by atoms with Gasteiger partial charge < -0.3 is 5.32 Å². The summed E-state index contributed by atoms with van der Waals surface area (Å²) in [6, 6.07) is 2.14. The molecule has 0 aliphatic heterocycles. The molecule has 1 aromatic rings. The topological polar surface area (TPSA) is 37.8 Å². The molecule has 1 saturated carbocycles. The Balaban J connectivity index is 1.94. The number of hydrogen-bond donors (Lipinski definition) is 1. The zero-order valence-corrected chi connectivity index (χ0v) is 9.58. The standard InChI is InChI=1S/C12H19N3/c1-3-12-11(6-9(2)14-15-12)8-13-7-10-4-5-10/h6,10,13H,3-5,7-8H2,1-2H3. The highest BCUT2D eigenvalue weighted by atomic mass is 15.1. The van der Waals surface area contributed by atoms with Crippen LogP contribution in [0.25, 0.3) is 0 Å². The first-order valence-electron chi connectivity index (χ1n) is 5.82. The van der Waals surface area contributed by atoms with E-state index in [9.17, 15) is 0 Å². The molecule has 0 spiro atoms. The summed E-state index contributed by atoms with van der Waals surface area (Å²) in [4.78, 5) is 0. The van der Waals surface area contributed by atoms with Crippen molar-refractivity contribution in [3.8, 4) is 0 Å². The first-order chi connectivity index (χ1) is 7.29. The van der Waals surface area contributed by atoms with Crippen molar-refractivity contribution in [2.24, 2.45) is 5.92 Å². The molecule has 1 aliphatic rings. The summed E-state index contributed by atoms with van der Waals surface area (Å²) in [5.41, 5.74) is 3.45. The molecule has 3 nitrogen and oxygen atoms in total. The molecule has 3 heteroatoms. The van der Waals surface area contributed by atoms with E-state index in [4.69, 9.17) is 0 Å². The minimum atomic E-state index is 0.936. The van der Waals surface area contributed by atoms with Gasteiger partial charge in [0.2, 0.25) is 0 Å². The number of aromatic nitrogens is 2. The van der Waals surface area contributed by atoms with Crippen LogP contribution in [0.2, 0.25) is 0 Å². The van der Waals surface area contributed by atoms with E-state index in [1.807, 2.05) is 6.92 Å². The van der Waals surface area contributed by atoms with Crippen LogP contribution < -0.4 is 5.32 Å². The van der Waals surface area contributed by atoms with E-state index in [1.54, 1.807) is 0 Å². The van der Waals surface area contributed by atoms with Crippen LogP contribution in [0.4, 0.5) is 0 Å². The first-order valence-corrected chi connectivity index (χ1v) is 5.82. The van der Waals surface area contributed by atoms with Crippen LogP contribution >= 0.6 is 0 Å². The van der Waals surface area contributed by atoms with Gasteiger partial charge in [0, 0.05) is 6.54 Å². The molecular weight excluding hydrogens is 186 g/mol. The summed E-state index contributed by atoms with van der Waals surface area (Å²) >= 11 is 0. The Morgan fingerprint density at radius 3 is 2.87 bits per heavy atom. The highest BCUT2D eigenvalue weighted by molar-refractivity contribution is 5.20. The molecule has 82 valence electrons. The molecular formula is C12H19N3. The van der Waals surface area contributed by atoms with Gasteiger partial charge in [0.1, 0.15) is 0 Å². The maximum absolute atomic E-state index is 4.22. The maximum atomic E-state index is 4.22. The predicted molar refractivity (Wildman–Crippen MR) is 60.6 cm³/mol. The van der Waals surface area contributed by atoms with Gasteiger partial charge >= 0.3 is 0 Å². The van der Waals surface area contributed by atoms with E-state index in [1.165, 1.54) is 18.4 Å². The molecule has 1 N–H and O–H groups in total. The molecule has 15 heavy (non-hydrogen) atoms. The Bertz CT molecular complexity index is 332. The van der Waals surface area contributed by atoms with Crippen molar-refractivity contribution in [3.05, 3.63) is 23.0 Å². The normalized spacial score (nSPS) is 15.6. The van der Waals surface area contributed by atoms with Crippen LogP contribution in [-0.4, -0.2) is 16.7 Å². The monoisotopic (exact) mass is 205 g/mol. The van der Waals surface area contributed by atoms with Crippen LogP contribution in [0, 0.1) is 12.8 Å². The van der Waals surface area contributed by atoms with Crippen molar-refractivity contribution in [2.45, 2.75) is 39.7 Å². The van der Waals surface area contributed by atoms with Crippen molar-refractivity contribution in [2.75, 3.05) is 6.54 Å². The van der Waals surface area contributed by atoms with Gasteiger partial charge in [-0.1, -0.05) is 6.92 Å². The van der Waals surface area contributed by atoms with Crippen LogP contribution in [0.5, 0.6) is 0 Å². The van der Waals surface area contributed by atoms with Gasteiger partial charge in [0.25, 0.3) is 0 Å². The lowest BCUT2D eigenvalue weighted by Crippen LogP contribution is -2.18. The van der Waals surface area contributed by atoms with E-state index in [0.29, 0.717) is 0 Å². The summed E-state index contributed by atoms with van der Waals surface area (Å²) in [5.74, 6) is 0.936. The van der Waals surface area contributed by atoms with E-state index < -0.39 is 0 Å². The second-order valence-corrected chi connectivity index (χ2v) is 4.39. The summed E-state index contributed by atoms with van der Waals surface area (Å²) in [5, 5.41) is 11.8. The lowest BCUT2D eigenvalue weighted by molar-refractivity contribution is 0.630. The minimum Gasteiger partial charge on any atom is -0.312 e. The zero-order valence-electron chi connectivity index (χ0n) is 9.58. The summed E-state index contributed by atoms with van der Waals surface area (Å²) < 4.78 is 0. The molecule has 0 unspecified atom stereocenters. The molecule has 0 aromatic carbocycles. The fourth-order valence-corrected chi connectivity index (χ4v) is 1.75. The molecule has 1 aliphatic carbocycles. The predicted octanol–water partition coefficient (Wildman–Crippen LogP) is 1.85. The van der Waals surface area contributed by atoms with Crippen LogP contribution in [0.1, 0.15) is 36.7 Å². The molecule has 1 aromatic heterocycles. The second-order valence-electron chi connectivity index (χ2n) is 4.39. The van der Waals surface area contributed by atoms with Crippen molar-refractivity contribution in [1.82, 2.24) is 15.5 Å². The lowest BCUT2D eigenvalue weighted by atomic mass is 10.1. The van der Waals surface area contributed by atoms with Gasteiger partial charge in [0.15, 0.2) is 0 Å². The fraction of sp³-hybridized carbons (Fsp3) is 0.667. The zero-order chi connectivity index (χ0) is 10.7. The maximum Gasteiger partial charge on any atom is 0.0673 e. The molecule has 1 heterocycles. The third-order valence-corrected chi connectivity index (χ3v) is 2.86. The average Bonchev–Trinajstić information content (AvgIpc) is 3.02. The fourth-order valence-electron chi connectivity index (χ4n) is 1.75. The molecule has 0 amide bonds. The Labute approximate surface area is 91.3 Å². The number of nitrogens with one attached hydrogen (secondary N) is 1. The molecule has 1 fully saturated rings. The number of hydrogen-bond acceptors (Lipinski definition) is 3. The van der Waals surface area contributed by atoms with Crippen molar-refractivity contribution >= 4 is 0 Å². The Morgan fingerprint density at radius 2 is 2.20 bits per heavy atom. The third-order valence-electron chi connectivity index (χ3n) is 2.86. The van der Waals surface area contributed by atoms with Crippen LogP contribution in [0.3, 0.4) is 0 Å². The van der Waals surface area contributed by atoms with Crippen LogP contribution in [0.15, 0.2) is 6.07 Å². The van der Waals surface area contributed by atoms with Gasteiger partial charge in [-0.2, -0.15) is 10.2 Å². The number of aryl methyl sites for hydroxylation is 2. The van der Waals surface area contributed by atoms with Gasteiger partial charge in [-0.05, 0) is 50.3 Å². The second kappa shape index (κ2) is 4.71. The van der Waals surface area contributed by atoms with Gasteiger partial charge in [0.05, 0.1) is 11.4 Å². The largest absolute Gasteiger partial charge is 0.312 e. The highest BCUT2D eigenvalue weighted by Gasteiger charge is 2.20. The summed E-state index contributed by atoms with van der Waals surface area (Å²) in [7, 11) is 0. The van der Waals surface area contributed by atoms with Crippen molar-refractivity contribution < 1.29 is 0 Å².